The summed E-state index contributed by atoms with van der Waals surface area (Å²) >= 11 is 0. The molecule has 8 nitrogen and oxygen atoms in total. The molecule has 2 atom stereocenters. The molecule has 3 aromatic carbocycles. The van der Waals surface area contributed by atoms with Gasteiger partial charge in [-0.15, -0.1) is 0 Å². The average molecular weight is 601 g/mol. The molecule has 222 valence electrons. The second-order valence-corrected chi connectivity index (χ2v) is 12.9. The number of H-pyrrole nitrogens is 1. The molecule has 0 aliphatic heterocycles. The van der Waals surface area contributed by atoms with Crippen LogP contribution < -0.4 is 9.62 Å². The molecule has 2 aromatic heterocycles. The van der Waals surface area contributed by atoms with Gasteiger partial charge in [-0.3, -0.25) is 9.10 Å². The molecular weight excluding hydrogens is 567 g/mol. The summed E-state index contributed by atoms with van der Waals surface area (Å²) < 4.78 is 45.3. The van der Waals surface area contributed by atoms with Crippen LogP contribution in [0.3, 0.4) is 0 Å². The highest BCUT2D eigenvalue weighted by molar-refractivity contribution is 7.92. The number of hydrogen-bond acceptors (Lipinski definition) is 5. The lowest BCUT2D eigenvalue weighted by atomic mass is 9.77. The van der Waals surface area contributed by atoms with Crippen molar-refractivity contribution in [3.63, 3.8) is 0 Å². The molecular formula is C33H33FN4O4S. The number of aromatic nitrogens is 2. The molecule has 0 radical (unpaired) electrons. The van der Waals surface area contributed by atoms with Gasteiger partial charge in [0.1, 0.15) is 5.82 Å². The molecule has 5 rings (SSSR count). The summed E-state index contributed by atoms with van der Waals surface area (Å²) in [6.07, 6.45) is 3.60. The minimum atomic E-state index is -3.63. The smallest absolute Gasteiger partial charge is 0.251 e. The number of sulfonamides is 1. The fourth-order valence-electron chi connectivity index (χ4n) is 5.05. The van der Waals surface area contributed by atoms with Crippen molar-refractivity contribution in [2.45, 2.75) is 31.7 Å². The van der Waals surface area contributed by atoms with Crippen LogP contribution in [-0.4, -0.2) is 37.8 Å². The van der Waals surface area contributed by atoms with Crippen LogP contribution in [0.2, 0.25) is 0 Å². The molecule has 0 aliphatic rings. The van der Waals surface area contributed by atoms with Crippen LogP contribution in [-0.2, 0) is 21.9 Å². The lowest BCUT2D eigenvalue weighted by Crippen LogP contribution is -2.28. The number of amides is 1. The van der Waals surface area contributed by atoms with Gasteiger partial charge >= 0.3 is 0 Å². The van der Waals surface area contributed by atoms with E-state index in [-0.39, 0.29) is 17.1 Å². The molecule has 0 bridgehead atoms. The maximum atomic E-state index is 13.4. The number of benzene rings is 3. The summed E-state index contributed by atoms with van der Waals surface area (Å²) in [5, 5.41) is 7.36. The zero-order valence-electron chi connectivity index (χ0n) is 24.3. The Morgan fingerprint density at radius 2 is 1.77 bits per heavy atom. The summed E-state index contributed by atoms with van der Waals surface area (Å²) in [4.78, 5) is 16.7. The minimum absolute atomic E-state index is 0.228. The highest BCUT2D eigenvalue weighted by Crippen LogP contribution is 2.37. The SMILES string of the molecule is CC(NC(=O)c1cc(-c2cc(C(C)(Cc3ccccc3)c3ccc[nH]3)no2)cc(N(C)S(C)(=O)=O)c1)c1ccc(F)cc1. The van der Waals surface area contributed by atoms with Gasteiger partial charge in [0.25, 0.3) is 5.91 Å². The van der Waals surface area contributed by atoms with E-state index in [4.69, 9.17) is 4.52 Å². The summed E-state index contributed by atoms with van der Waals surface area (Å²) in [6.45, 7) is 3.87. The maximum Gasteiger partial charge on any atom is 0.251 e. The summed E-state index contributed by atoms with van der Waals surface area (Å²) in [6, 6.07) is 26.1. The first-order valence-corrected chi connectivity index (χ1v) is 15.6. The monoisotopic (exact) mass is 600 g/mol. The Hall–Kier alpha value is -4.70. The Balaban J connectivity index is 1.53. The summed E-state index contributed by atoms with van der Waals surface area (Å²) in [7, 11) is -2.21. The third-order valence-corrected chi connectivity index (χ3v) is 8.92. The van der Waals surface area contributed by atoms with Crippen LogP contribution in [0.5, 0.6) is 0 Å². The van der Waals surface area contributed by atoms with Crippen LogP contribution in [0.1, 0.15) is 52.8 Å². The Labute approximate surface area is 250 Å². The average Bonchev–Trinajstić information content (AvgIpc) is 3.71. The number of carbonyl (C=O) groups is 1. The second-order valence-electron chi connectivity index (χ2n) is 10.9. The van der Waals surface area contributed by atoms with E-state index in [1.165, 1.54) is 25.2 Å². The Kier molecular flexibility index (Phi) is 8.23. The molecule has 5 aromatic rings. The van der Waals surface area contributed by atoms with Gasteiger partial charge in [0, 0.05) is 36.1 Å². The molecule has 43 heavy (non-hydrogen) atoms. The lowest BCUT2D eigenvalue weighted by Gasteiger charge is -2.26. The highest BCUT2D eigenvalue weighted by Gasteiger charge is 2.34. The first-order valence-electron chi connectivity index (χ1n) is 13.7. The standard InChI is InChI=1S/C33H33FN4O4S/c1-22(24-12-14-27(34)15-13-24)36-32(39)26-17-25(18-28(19-26)38(3)43(4,40)41)29-20-31(37-42-29)33(2,30-11-8-16-35-30)21-23-9-6-5-7-10-23/h5-20,22,35H,21H2,1-4H3,(H,36,39). The van der Waals surface area contributed by atoms with Crippen molar-refractivity contribution in [1.29, 1.82) is 0 Å². The number of anilines is 1. The van der Waals surface area contributed by atoms with Crippen molar-refractivity contribution in [2.75, 3.05) is 17.6 Å². The van der Waals surface area contributed by atoms with Gasteiger partial charge in [0.15, 0.2) is 5.76 Å². The molecule has 0 aliphatic carbocycles. The van der Waals surface area contributed by atoms with Crippen LogP contribution in [0.4, 0.5) is 10.1 Å². The number of halogens is 1. The Morgan fingerprint density at radius 3 is 2.42 bits per heavy atom. The Bertz CT molecular complexity index is 1820. The zero-order chi connectivity index (χ0) is 30.8. The van der Waals surface area contributed by atoms with Crippen LogP contribution >= 0.6 is 0 Å². The van der Waals surface area contributed by atoms with Gasteiger partial charge in [0.2, 0.25) is 10.0 Å². The van der Waals surface area contributed by atoms with Crippen molar-refractivity contribution in [2.24, 2.45) is 0 Å². The van der Waals surface area contributed by atoms with E-state index < -0.39 is 27.4 Å². The van der Waals surface area contributed by atoms with Crippen molar-refractivity contribution in [1.82, 2.24) is 15.5 Å². The van der Waals surface area contributed by atoms with Crippen LogP contribution in [0, 0.1) is 5.82 Å². The number of hydrogen-bond donors (Lipinski definition) is 2. The predicted octanol–water partition coefficient (Wildman–Crippen LogP) is 6.24. The van der Waals surface area contributed by atoms with Crippen LogP contribution in [0.25, 0.3) is 11.3 Å². The third-order valence-electron chi connectivity index (χ3n) is 7.71. The van der Waals surface area contributed by atoms with Crippen molar-refractivity contribution < 1.29 is 22.1 Å². The minimum Gasteiger partial charge on any atom is -0.364 e. The predicted molar refractivity (Wildman–Crippen MR) is 165 cm³/mol. The molecule has 0 spiro atoms. The Morgan fingerprint density at radius 1 is 1.05 bits per heavy atom. The molecule has 0 saturated heterocycles. The van der Waals surface area contributed by atoms with E-state index in [0.717, 1.165) is 27.4 Å². The van der Waals surface area contributed by atoms with E-state index in [0.29, 0.717) is 23.4 Å². The van der Waals surface area contributed by atoms with Gasteiger partial charge < -0.3 is 14.8 Å². The van der Waals surface area contributed by atoms with Gasteiger partial charge in [-0.05, 0) is 73.9 Å². The molecule has 2 unspecified atom stereocenters. The van der Waals surface area contributed by atoms with Crippen molar-refractivity contribution in [3.05, 3.63) is 131 Å². The first kappa shape index (κ1) is 29.8. The second kappa shape index (κ2) is 11.9. The summed E-state index contributed by atoms with van der Waals surface area (Å²) in [5.41, 5.74) is 3.90. The van der Waals surface area contributed by atoms with Gasteiger partial charge in [0.05, 0.1) is 29.1 Å². The van der Waals surface area contributed by atoms with Gasteiger partial charge in [-0.1, -0.05) is 47.6 Å². The van der Waals surface area contributed by atoms with E-state index >= 15 is 0 Å². The summed E-state index contributed by atoms with van der Waals surface area (Å²) in [5.74, 6) is -0.418. The van der Waals surface area contributed by atoms with Crippen molar-refractivity contribution >= 4 is 21.6 Å². The number of nitrogens with zero attached hydrogens (tertiary/aromatic N) is 2. The van der Waals surface area contributed by atoms with E-state index in [1.54, 1.807) is 31.2 Å². The molecule has 1 amide bonds. The van der Waals surface area contributed by atoms with Gasteiger partial charge in [-0.25, -0.2) is 12.8 Å². The largest absolute Gasteiger partial charge is 0.364 e. The van der Waals surface area contributed by atoms with Crippen molar-refractivity contribution in [3.8, 4) is 11.3 Å². The topological polar surface area (TPSA) is 108 Å². The maximum absolute atomic E-state index is 13.4. The molecule has 2 heterocycles. The molecule has 0 fully saturated rings. The van der Waals surface area contributed by atoms with E-state index in [2.05, 4.69) is 34.5 Å². The molecule has 0 saturated carbocycles. The number of nitrogens with one attached hydrogen (secondary N) is 2. The van der Waals surface area contributed by atoms with Crippen LogP contribution in [0.15, 0.2) is 102 Å². The normalized spacial score (nSPS) is 13.7. The van der Waals surface area contributed by atoms with E-state index in [9.17, 15) is 17.6 Å². The quantitative estimate of drug-likeness (QED) is 0.197. The third kappa shape index (κ3) is 6.54. The first-order chi connectivity index (χ1) is 20.4. The number of aromatic amines is 1. The van der Waals surface area contributed by atoms with E-state index in [1.807, 2.05) is 42.6 Å². The molecule has 10 heteroatoms. The molecule has 2 N–H and O–H groups in total. The number of rotatable bonds is 10. The lowest BCUT2D eigenvalue weighted by molar-refractivity contribution is 0.0940. The number of carbonyl (C=O) groups excluding carboxylic acids is 1. The zero-order valence-corrected chi connectivity index (χ0v) is 25.2. The highest BCUT2D eigenvalue weighted by atomic mass is 32.2. The fourth-order valence-corrected chi connectivity index (χ4v) is 5.53. The van der Waals surface area contributed by atoms with Gasteiger partial charge in [-0.2, -0.15) is 0 Å². The fraction of sp³-hybridized carbons (Fsp3) is 0.212.